The number of rotatable bonds is 23. The van der Waals surface area contributed by atoms with E-state index in [1.807, 2.05) is 27.9 Å². The minimum Gasteiger partial charge on any atom is -0.379 e. The molecule has 0 aromatic heterocycles. The number of likely N-dealkylation sites (N-methyl/N-ethyl adjacent to an activating group) is 1. The van der Waals surface area contributed by atoms with E-state index >= 15 is 0 Å². The van der Waals surface area contributed by atoms with Gasteiger partial charge in [-0.1, -0.05) is 0 Å². The van der Waals surface area contributed by atoms with Crippen molar-refractivity contribution in [2.75, 3.05) is 120 Å². The van der Waals surface area contributed by atoms with Gasteiger partial charge in [0, 0.05) is 39.4 Å². The van der Waals surface area contributed by atoms with E-state index in [1.165, 1.54) is 0 Å². The molecule has 0 radical (unpaired) electrons. The first-order valence-electron chi connectivity index (χ1n) is 10.5. The van der Waals surface area contributed by atoms with Crippen LogP contribution in [0, 0.1) is 0 Å². The minimum absolute atomic E-state index is 0.622. The molecule has 0 aliphatic heterocycles. The van der Waals surface area contributed by atoms with Gasteiger partial charge in [-0.25, -0.2) is 0 Å². The van der Waals surface area contributed by atoms with Crippen LogP contribution in [0.1, 0.15) is 13.8 Å². The van der Waals surface area contributed by atoms with Crippen LogP contribution in [0.3, 0.4) is 0 Å². The molecular weight excluding hydrogens is 364 g/mol. The fourth-order valence-corrected chi connectivity index (χ4v) is 2.21. The lowest BCUT2D eigenvalue weighted by Gasteiger charge is -2.22. The molecule has 0 atom stereocenters. The second-order valence-electron chi connectivity index (χ2n) is 6.49. The van der Waals surface area contributed by atoms with Gasteiger partial charge in [-0.15, -0.1) is 0 Å². The summed E-state index contributed by atoms with van der Waals surface area (Å²) in [4.78, 5) is 4.40. The molecule has 0 aromatic carbocycles. The van der Waals surface area contributed by atoms with Crippen LogP contribution in [0.4, 0.5) is 0 Å². The van der Waals surface area contributed by atoms with Crippen LogP contribution in [0.15, 0.2) is 0 Å². The van der Waals surface area contributed by atoms with Crippen LogP contribution in [-0.2, 0) is 28.4 Å². The quantitative estimate of drug-likeness (QED) is 0.232. The van der Waals surface area contributed by atoms with Gasteiger partial charge in [-0.05, 0) is 27.9 Å². The Balaban J connectivity index is 3.79. The van der Waals surface area contributed by atoms with Gasteiger partial charge in [-0.2, -0.15) is 0 Å². The molecule has 0 heterocycles. The van der Waals surface area contributed by atoms with Crippen molar-refractivity contribution in [2.24, 2.45) is 0 Å². The van der Waals surface area contributed by atoms with Crippen molar-refractivity contribution in [3.8, 4) is 0 Å². The van der Waals surface area contributed by atoms with Gasteiger partial charge in [0.25, 0.3) is 0 Å². The Hall–Kier alpha value is -0.320. The summed E-state index contributed by atoms with van der Waals surface area (Å²) in [5, 5.41) is 0. The lowest BCUT2D eigenvalue weighted by atomic mass is 10.4. The topological polar surface area (TPSA) is 61.9 Å². The molecule has 0 bridgehead atoms. The maximum absolute atomic E-state index is 5.69. The zero-order valence-electron chi connectivity index (χ0n) is 18.7. The zero-order chi connectivity index (χ0) is 20.7. The summed E-state index contributed by atoms with van der Waals surface area (Å²) in [5.41, 5.74) is 0. The molecule has 170 valence electrons. The average molecular weight is 409 g/mol. The first kappa shape index (κ1) is 27.7. The second-order valence-corrected chi connectivity index (χ2v) is 6.49. The van der Waals surface area contributed by atoms with Crippen molar-refractivity contribution >= 4 is 0 Å². The van der Waals surface area contributed by atoms with Crippen LogP contribution in [0.25, 0.3) is 0 Å². The van der Waals surface area contributed by atoms with Crippen molar-refractivity contribution in [2.45, 2.75) is 13.8 Å². The van der Waals surface area contributed by atoms with E-state index in [4.69, 9.17) is 28.4 Å². The Morgan fingerprint density at radius 2 is 0.750 bits per heavy atom. The van der Waals surface area contributed by atoms with Gasteiger partial charge < -0.3 is 33.3 Å². The van der Waals surface area contributed by atoms with Crippen LogP contribution >= 0.6 is 0 Å². The number of nitrogens with zero attached hydrogens (tertiary/aromatic N) is 2. The summed E-state index contributed by atoms with van der Waals surface area (Å²) < 4.78 is 33.0. The molecule has 8 heteroatoms. The SMILES string of the molecule is CCOCCOCCN(CCOCCOCC)CCOCCOCCN(C)C. The van der Waals surface area contributed by atoms with Gasteiger partial charge in [-0.3, -0.25) is 4.90 Å². The first-order chi connectivity index (χ1) is 13.7. The lowest BCUT2D eigenvalue weighted by molar-refractivity contribution is 0.0113. The lowest BCUT2D eigenvalue weighted by Crippen LogP contribution is -2.34. The first-order valence-corrected chi connectivity index (χ1v) is 10.5. The molecule has 0 spiro atoms. The third kappa shape index (κ3) is 22.0. The summed E-state index contributed by atoms with van der Waals surface area (Å²) in [7, 11) is 4.07. The van der Waals surface area contributed by atoms with E-state index < -0.39 is 0 Å². The number of hydrogen-bond donors (Lipinski definition) is 0. The summed E-state index contributed by atoms with van der Waals surface area (Å²) in [6.45, 7) is 15.5. The van der Waals surface area contributed by atoms with Gasteiger partial charge in [0.2, 0.25) is 0 Å². The fraction of sp³-hybridized carbons (Fsp3) is 1.00. The molecule has 0 saturated heterocycles. The van der Waals surface area contributed by atoms with Crippen LogP contribution in [0.2, 0.25) is 0 Å². The highest BCUT2D eigenvalue weighted by atomic mass is 16.5. The summed E-state index contributed by atoms with van der Waals surface area (Å²) in [6, 6.07) is 0. The molecule has 0 aliphatic rings. The van der Waals surface area contributed by atoms with E-state index in [-0.39, 0.29) is 0 Å². The Kier molecular flexibility index (Phi) is 22.7. The van der Waals surface area contributed by atoms with Crippen molar-refractivity contribution in [3.05, 3.63) is 0 Å². The van der Waals surface area contributed by atoms with Crippen molar-refractivity contribution in [1.82, 2.24) is 9.80 Å². The Bertz CT molecular complexity index is 282. The van der Waals surface area contributed by atoms with E-state index in [0.29, 0.717) is 59.5 Å². The molecule has 0 aromatic rings. The van der Waals surface area contributed by atoms with Crippen molar-refractivity contribution < 1.29 is 28.4 Å². The van der Waals surface area contributed by atoms with Crippen LogP contribution in [-0.4, -0.2) is 129 Å². The fourth-order valence-electron chi connectivity index (χ4n) is 2.21. The maximum Gasteiger partial charge on any atom is 0.0701 e. The maximum atomic E-state index is 5.69. The molecule has 0 N–H and O–H groups in total. The molecule has 0 unspecified atom stereocenters. The molecule has 8 nitrogen and oxygen atoms in total. The van der Waals surface area contributed by atoms with Gasteiger partial charge in [0.05, 0.1) is 66.1 Å². The molecule has 0 rings (SSSR count). The van der Waals surface area contributed by atoms with E-state index in [2.05, 4.69) is 9.80 Å². The smallest absolute Gasteiger partial charge is 0.0701 e. The summed E-state index contributed by atoms with van der Waals surface area (Å²) in [6.07, 6.45) is 0. The Morgan fingerprint density at radius 1 is 0.429 bits per heavy atom. The zero-order valence-corrected chi connectivity index (χ0v) is 18.7. The third-order valence-corrected chi connectivity index (χ3v) is 3.86. The Labute approximate surface area is 172 Å². The monoisotopic (exact) mass is 408 g/mol. The highest BCUT2D eigenvalue weighted by Crippen LogP contribution is 1.92. The molecule has 0 amide bonds. The molecule has 28 heavy (non-hydrogen) atoms. The average Bonchev–Trinajstić information content (AvgIpc) is 2.68. The minimum atomic E-state index is 0.622. The highest BCUT2D eigenvalue weighted by molar-refractivity contribution is 4.57. The van der Waals surface area contributed by atoms with Gasteiger partial charge >= 0.3 is 0 Å². The standard InChI is InChI=1S/C20H44N2O6/c1-5-23-15-17-26-12-8-22(9-13-27-18-16-24-6-2)10-14-28-20-19-25-11-7-21(3)4/h5-20H2,1-4H3. The van der Waals surface area contributed by atoms with E-state index in [0.717, 1.165) is 46.0 Å². The number of ether oxygens (including phenoxy) is 6. The predicted molar refractivity (Wildman–Crippen MR) is 111 cm³/mol. The second kappa shape index (κ2) is 23.0. The summed E-state index contributed by atoms with van der Waals surface area (Å²) >= 11 is 0. The normalized spacial score (nSPS) is 11.8. The van der Waals surface area contributed by atoms with Gasteiger partial charge in [0.15, 0.2) is 0 Å². The summed E-state index contributed by atoms with van der Waals surface area (Å²) in [5.74, 6) is 0. The number of hydrogen-bond acceptors (Lipinski definition) is 8. The molecule has 0 saturated carbocycles. The van der Waals surface area contributed by atoms with Crippen LogP contribution < -0.4 is 0 Å². The van der Waals surface area contributed by atoms with E-state index in [9.17, 15) is 0 Å². The highest BCUT2D eigenvalue weighted by Gasteiger charge is 2.05. The Morgan fingerprint density at radius 3 is 1.07 bits per heavy atom. The van der Waals surface area contributed by atoms with Crippen molar-refractivity contribution in [1.29, 1.82) is 0 Å². The largest absolute Gasteiger partial charge is 0.379 e. The van der Waals surface area contributed by atoms with Crippen LogP contribution in [0.5, 0.6) is 0 Å². The predicted octanol–water partition coefficient (Wildman–Crippen LogP) is 0.989. The van der Waals surface area contributed by atoms with Crippen molar-refractivity contribution in [3.63, 3.8) is 0 Å². The molecular formula is C20H44N2O6. The molecule has 0 fully saturated rings. The molecule has 0 aliphatic carbocycles. The third-order valence-electron chi connectivity index (χ3n) is 3.86. The van der Waals surface area contributed by atoms with E-state index in [1.54, 1.807) is 0 Å². The van der Waals surface area contributed by atoms with Gasteiger partial charge in [0.1, 0.15) is 0 Å².